The first-order valence-electron chi connectivity index (χ1n) is 6.13. The van der Waals surface area contributed by atoms with E-state index >= 15 is 0 Å². The Morgan fingerprint density at radius 3 is 2.72 bits per heavy atom. The Labute approximate surface area is 113 Å². The van der Waals surface area contributed by atoms with Crippen molar-refractivity contribution in [3.05, 3.63) is 46.5 Å². The van der Waals surface area contributed by atoms with Gasteiger partial charge in [-0.25, -0.2) is 4.98 Å². The minimum absolute atomic E-state index is 0.746. The number of imidazole rings is 1. The molecule has 0 radical (unpaired) electrons. The Kier molecular flexibility index (Phi) is 4.04. The summed E-state index contributed by atoms with van der Waals surface area (Å²) in [7, 11) is 0. The van der Waals surface area contributed by atoms with Gasteiger partial charge in [0.25, 0.3) is 0 Å². The average molecular weight is 264 g/mol. The number of hydrogen-bond acceptors (Lipinski definition) is 2. The van der Waals surface area contributed by atoms with Gasteiger partial charge in [0.2, 0.25) is 0 Å². The maximum atomic E-state index is 6.11. The molecule has 0 saturated heterocycles. The number of aromatic nitrogens is 2. The molecule has 0 unspecified atom stereocenters. The van der Waals surface area contributed by atoms with Gasteiger partial charge in [0, 0.05) is 17.3 Å². The molecule has 96 valence electrons. The number of rotatable bonds is 4. The lowest BCUT2D eigenvalue weighted by Gasteiger charge is -2.13. The summed E-state index contributed by atoms with van der Waals surface area (Å²) in [6.07, 6.45) is 1.85. The van der Waals surface area contributed by atoms with E-state index in [1.54, 1.807) is 0 Å². The molecule has 1 heterocycles. The van der Waals surface area contributed by atoms with E-state index in [0.29, 0.717) is 0 Å². The molecule has 0 atom stereocenters. The Morgan fingerprint density at radius 1 is 1.33 bits per heavy atom. The van der Waals surface area contributed by atoms with Crippen molar-refractivity contribution in [1.82, 2.24) is 14.9 Å². The fourth-order valence-electron chi connectivity index (χ4n) is 1.91. The largest absolute Gasteiger partial charge is 0.313 e. The van der Waals surface area contributed by atoms with E-state index in [-0.39, 0.29) is 0 Å². The topological polar surface area (TPSA) is 29.9 Å². The molecule has 1 aromatic heterocycles. The number of benzene rings is 1. The maximum absolute atomic E-state index is 6.11. The Balaban J connectivity index is 2.47. The van der Waals surface area contributed by atoms with E-state index in [0.717, 1.165) is 35.2 Å². The lowest BCUT2D eigenvalue weighted by atomic mass is 10.1. The minimum Gasteiger partial charge on any atom is -0.313 e. The van der Waals surface area contributed by atoms with E-state index in [9.17, 15) is 0 Å². The third kappa shape index (κ3) is 2.57. The number of nitrogens with one attached hydrogen (secondary N) is 1. The van der Waals surface area contributed by atoms with Crippen LogP contribution in [0.3, 0.4) is 0 Å². The van der Waals surface area contributed by atoms with Gasteiger partial charge in [0.05, 0.1) is 17.7 Å². The van der Waals surface area contributed by atoms with Gasteiger partial charge in [0.1, 0.15) is 0 Å². The zero-order valence-corrected chi connectivity index (χ0v) is 11.8. The zero-order valence-electron chi connectivity index (χ0n) is 11.0. The van der Waals surface area contributed by atoms with Crippen LogP contribution in [0.5, 0.6) is 0 Å². The number of hydrogen-bond donors (Lipinski definition) is 1. The van der Waals surface area contributed by atoms with Crippen molar-refractivity contribution < 1.29 is 0 Å². The standard InChI is InChI=1S/C14H18ClN3/c1-4-16-8-12-5-6-13(15)7-14(12)18-9-17-10(2)11(18)3/h5-7,9,16H,4,8H2,1-3H3. The van der Waals surface area contributed by atoms with Crippen LogP contribution < -0.4 is 5.32 Å². The van der Waals surface area contributed by atoms with Crippen LogP contribution in [-0.2, 0) is 6.54 Å². The minimum atomic E-state index is 0.746. The van der Waals surface area contributed by atoms with Crippen LogP contribution in [0.2, 0.25) is 5.02 Å². The van der Waals surface area contributed by atoms with Crippen LogP contribution >= 0.6 is 11.6 Å². The quantitative estimate of drug-likeness (QED) is 0.918. The highest BCUT2D eigenvalue weighted by Crippen LogP contribution is 2.22. The molecule has 3 nitrogen and oxygen atoms in total. The van der Waals surface area contributed by atoms with Crippen molar-refractivity contribution in [1.29, 1.82) is 0 Å². The van der Waals surface area contributed by atoms with Crippen molar-refractivity contribution >= 4 is 11.6 Å². The van der Waals surface area contributed by atoms with Crippen LogP contribution in [-0.4, -0.2) is 16.1 Å². The average Bonchev–Trinajstić information content (AvgIpc) is 2.68. The third-order valence-electron chi connectivity index (χ3n) is 3.12. The molecule has 0 spiro atoms. The monoisotopic (exact) mass is 263 g/mol. The van der Waals surface area contributed by atoms with Gasteiger partial charge >= 0.3 is 0 Å². The SMILES string of the molecule is CCNCc1ccc(Cl)cc1-n1cnc(C)c1C. The molecule has 0 amide bonds. The Bertz CT molecular complexity index is 546. The summed E-state index contributed by atoms with van der Waals surface area (Å²) in [5, 5.41) is 4.09. The molecule has 4 heteroatoms. The van der Waals surface area contributed by atoms with Crippen molar-refractivity contribution in [2.75, 3.05) is 6.54 Å². The lowest BCUT2D eigenvalue weighted by molar-refractivity contribution is 0.721. The highest BCUT2D eigenvalue weighted by atomic mass is 35.5. The van der Waals surface area contributed by atoms with E-state index in [4.69, 9.17) is 11.6 Å². The number of nitrogens with zero attached hydrogens (tertiary/aromatic N) is 2. The Morgan fingerprint density at radius 2 is 2.11 bits per heavy atom. The van der Waals surface area contributed by atoms with Gasteiger partial charge in [-0.05, 0) is 38.1 Å². The van der Waals surface area contributed by atoms with Crippen molar-refractivity contribution in [2.24, 2.45) is 0 Å². The molecule has 2 aromatic rings. The third-order valence-corrected chi connectivity index (χ3v) is 3.36. The van der Waals surface area contributed by atoms with Crippen LogP contribution in [0.25, 0.3) is 5.69 Å². The molecular weight excluding hydrogens is 246 g/mol. The second-order valence-corrected chi connectivity index (χ2v) is 4.78. The van der Waals surface area contributed by atoms with Gasteiger partial charge < -0.3 is 9.88 Å². The Hall–Kier alpha value is -1.32. The molecular formula is C14H18ClN3. The highest BCUT2D eigenvalue weighted by Gasteiger charge is 2.09. The summed E-state index contributed by atoms with van der Waals surface area (Å²) in [5.41, 5.74) is 4.52. The van der Waals surface area contributed by atoms with Gasteiger partial charge in [-0.1, -0.05) is 24.6 Å². The van der Waals surface area contributed by atoms with Gasteiger partial charge in [-0.3, -0.25) is 0 Å². The van der Waals surface area contributed by atoms with Crippen molar-refractivity contribution in [2.45, 2.75) is 27.3 Å². The van der Waals surface area contributed by atoms with Crippen LogP contribution in [0.4, 0.5) is 0 Å². The molecule has 0 aliphatic carbocycles. The van der Waals surface area contributed by atoms with Gasteiger partial charge in [-0.15, -0.1) is 0 Å². The first kappa shape index (κ1) is 13.1. The fourth-order valence-corrected chi connectivity index (χ4v) is 2.08. The molecule has 0 saturated carbocycles. The summed E-state index contributed by atoms with van der Waals surface area (Å²) in [6, 6.07) is 5.98. The van der Waals surface area contributed by atoms with Gasteiger partial charge in [0.15, 0.2) is 0 Å². The molecule has 1 aromatic carbocycles. The summed E-state index contributed by atoms with van der Waals surface area (Å²) >= 11 is 6.11. The zero-order chi connectivity index (χ0) is 13.1. The summed E-state index contributed by atoms with van der Waals surface area (Å²) in [6.45, 7) is 7.96. The van der Waals surface area contributed by atoms with E-state index < -0.39 is 0 Å². The molecule has 1 N–H and O–H groups in total. The molecule has 18 heavy (non-hydrogen) atoms. The van der Waals surface area contributed by atoms with E-state index in [1.165, 1.54) is 5.56 Å². The van der Waals surface area contributed by atoms with Crippen molar-refractivity contribution in [3.8, 4) is 5.69 Å². The smallest absolute Gasteiger partial charge is 0.0997 e. The van der Waals surface area contributed by atoms with Crippen LogP contribution in [0, 0.1) is 13.8 Å². The predicted molar refractivity (Wildman–Crippen MR) is 75.4 cm³/mol. The van der Waals surface area contributed by atoms with Gasteiger partial charge in [-0.2, -0.15) is 0 Å². The summed E-state index contributed by atoms with van der Waals surface area (Å²) in [5.74, 6) is 0. The lowest BCUT2D eigenvalue weighted by Crippen LogP contribution is -2.14. The maximum Gasteiger partial charge on any atom is 0.0997 e. The molecule has 0 bridgehead atoms. The van der Waals surface area contributed by atoms with Crippen LogP contribution in [0.1, 0.15) is 23.9 Å². The molecule has 0 aliphatic heterocycles. The first-order chi connectivity index (χ1) is 8.63. The second-order valence-electron chi connectivity index (χ2n) is 4.34. The predicted octanol–water partition coefficient (Wildman–Crippen LogP) is 3.25. The first-order valence-corrected chi connectivity index (χ1v) is 6.51. The molecule has 0 fully saturated rings. The molecule has 0 aliphatic rings. The normalized spacial score (nSPS) is 10.9. The van der Waals surface area contributed by atoms with Crippen molar-refractivity contribution in [3.63, 3.8) is 0 Å². The summed E-state index contributed by atoms with van der Waals surface area (Å²) < 4.78 is 2.09. The van der Waals surface area contributed by atoms with Crippen LogP contribution in [0.15, 0.2) is 24.5 Å². The molecule has 2 rings (SSSR count). The van der Waals surface area contributed by atoms with E-state index in [1.807, 2.05) is 25.4 Å². The number of aryl methyl sites for hydroxylation is 1. The highest BCUT2D eigenvalue weighted by molar-refractivity contribution is 6.30. The summed E-state index contributed by atoms with van der Waals surface area (Å²) in [4.78, 5) is 4.34. The van der Waals surface area contributed by atoms with E-state index in [2.05, 4.69) is 34.8 Å². The fraction of sp³-hybridized carbons (Fsp3) is 0.357. The second kappa shape index (κ2) is 5.55. The number of halogens is 1.